The number of epoxide rings is 1. The second-order valence-electron chi connectivity index (χ2n) is 8.11. The average Bonchev–Trinajstić information content (AvgIpc) is 3.28. The number of carboxylic acids is 1. The van der Waals surface area contributed by atoms with Gasteiger partial charge in [-0.05, 0) is 25.0 Å². The van der Waals surface area contributed by atoms with Crippen molar-refractivity contribution < 1.29 is 39.5 Å². The van der Waals surface area contributed by atoms with Gasteiger partial charge in [-0.1, -0.05) is 6.92 Å². The molecule has 2 aliphatic carbocycles. The first-order valence-corrected chi connectivity index (χ1v) is 8.33. The molecule has 0 unspecified atom stereocenters. The summed E-state index contributed by atoms with van der Waals surface area (Å²) in [6.07, 6.45) is -2.29. The maximum absolute atomic E-state index is 12.4. The summed E-state index contributed by atoms with van der Waals surface area (Å²) in [4.78, 5) is 23.7. The van der Waals surface area contributed by atoms with E-state index < -0.39 is 65.1 Å². The van der Waals surface area contributed by atoms with Crippen molar-refractivity contribution >= 4 is 11.8 Å². The molecule has 1 spiro atoms. The van der Waals surface area contributed by atoms with Crippen LogP contribution < -0.4 is 0 Å². The third kappa shape index (κ3) is 1.69. The molecule has 1 saturated carbocycles. The van der Waals surface area contributed by atoms with Gasteiger partial charge in [-0.2, -0.15) is 0 Å². The van der Waals surface area contributed by atoms with Crippen LogP contribution in [0, 0.1) is 10.8 Å². The molecule has 2 aliphatic heterocycles. The number of Topliss-reactive ketones (excluding diaryl/α,β-unsaturated/α-hetero) is 1. The lowest BCUT2D eigenvalue weighted by Gasteiger charge is -2.58. The van der Waals surface area contributed by atoms with Crippen LogP contribution in [0.3, 0.4) is 0 Å². The molecule has 4 aliphatic rings. The topological polar surface area (TPSA) is 137 Å². The molecule has 7 atom stereocenters. The summed E-state index contributed by atoms with van der Waals surface area (Å²) in [5, 5.41) is 41.4. The Morgan fingerprint density at radius 3 is 2.60 bits per heavy atom. The second kappa shape index (κ2) is 4.69. The normalized spacial score (nSPS) is 53.6. The van der Waals surface area contributed by atoms with Crippen LogP contribution in [-0.2, 0) is 19.1 Å². The summed E-state index contributed by atoms with van der Waals surface area (Å²) in [6.45, 7) is 2.96. The molecule has 25 heavy (non-hydrogen) atoms. The first-order chi connectivity index (χ1) is 11.6. The molecule has 0 aromatic heterocycles. The lowest BCUT2D eigenvalue weighted by molar-refractivity contribution is -0.249. The van der Waals surface area contributed by atoms with Crippen molar-refractivity contribution in [1.29, 1.82) is 0 Å². The van der Waals surface area contributed by atoms with E-state index in [1.807, 2.05) is 0 Å². The summed E-state index contributed by atoms with van der Waals surface area (Å²) >= 11 is 0. The van der Waals surface area contributed by atoms with Crippen LogP contribution in [0.2, 0.25) is 0 Å². The first-order valence-electron chi connectivity index (χ1n) is 8.33. The van der Waals surface area contributed by atoms with Gasteiger partial charge < -0.3 is 29.9 Å². The van der Waals surface area contributed by atoms with Crippen molar-refractivity contribution in [1.82, 2.24) is 0 Å². The van der Waals surface area contributed by atoms with E-state index in [1.54, 1.807) is 19.9 Å². The monoisotopic (exact) mass is 354 g/mol. The average molecular weight is 354 g/mol. The van der Waals surface area contributed by atoms with Crippen LogP contribution in [0.25, 0.3) is 0 Å². The molecule has 2 heterocycles. The number of rotatable bonds is 3. The van der Waals surface area contributed by atoms with E-state index in [0.29, 0.717) is 5.57 Å². The number of aliphatic hydroxyl groups is 3. The SMILES string of the molecule is CC1=C[C@H]2O[C@@H]3[C@@](O)(CC(=O)O)C[C@](C)([C@@]2(CO)[C@H](O)C1=O)[C@]31CO1. The van der Waals surface area contributed by atoms with Gasteiger partial charge in [0.15, 0.2) is 5.78 Å². The highest BCUT2D eigenvalue weighted by Crippen LogP contribution is 2.73. The minimum Gasteiger partial charge on any atom is -0.481 e. The molecule has 4 N–H and O–H groups in total. The number of ether oxygens (including phenoxy) is 2. The Morgan fingerprint density at radius 1 is 1.44 bits per heavy atom. The number of carboxylic acid groups (broad SMARTS) is 1. The van der Waals surface area contributed by atoms with Crippen molar-refractivity contribution in [3.05, 3.63) is 11.6 Å². The number of fused-ring (bicyclic) bond motifs is 2. The number of carbonyl (C=O) groups excluding carboxylic acids is 1. The van der Waals surface area contributed by atoms with Gasteiger partial charge >= 0.3 is 5.97 Å². The standard InChI is InChI=1S/C17H22O8/c1-8-3-9-16(6-18,12(22)11(8)21)14(2)5-15(23,4-10(19)20)13(25-9)17(14)7-24-17/h3,9,12-13,18,22-23H,4-7H2,1-2H3,(H,19,20)/t9-,12-,13-,14-,15-,16-,17+/m1/s1. The molecule has 2 bridgehead atoms. The predicted octanol–water partition coefficient (Wildman–Crippen LogP) is -0.993. The van der Waals surface area contributed by atoms with Crippen molar-refractivity contribution in [3.63, 3.8) is 0 Å². The van der Waals surface area contributed by atoms with Crippen molar-refractivity contribution in [2.75, 3.05) is 13.2 Å². The summed E-state index contributed by atoms with van der Waals surface area (Å²) in [7, 11) is 0. The Labute approximate surface area is 144 Å². The highest BCUT2D eigenvalue weighted by atomic mass is 16.6. The minimum atomic E-state index is -1.71. The van der Waals surface area contributed by atoms with E-state index in [0.717, 1.165) is 0 Å². The lowest BCUT2D eigenvalue weighted by atomic mass is 9.50. The highest BCUT2D eigenvalue weighted by Gasteiger charge is 2.86. The summed E-state index contributed by atoms with van der Waals surface area (Å²) in [5.74, 6) is -1.68. The molecular weight excluding hydrogens is 332 g/mol. The van der Waals surface area contributed by atoms with E-state index in [-0.39, 0.29) is 13.0 Å². The smallest absolute Gasteiger partial charge is 0.306 e. The largest absolute Gasteiger partial charge is 0.481 e. The van der Waals surface area contributed by atoms with Crippen LogP contribution in [0.4, 0.5) is 0 Å². The van der Waals surface area contributed by atoms with E-state index in [2.05, 4.69) is 0 Å². The van der Waals surface area contributed by atoms with Gasteiger partial charge in [-0.25, -0.2) is 0 Å². The van der Waals surface area contributed by atoms with Crippen LogP contribution in [0.1, 0.15) is 26.7 Å². The molecule has 3 fully saturated rings. The predicted molar refractivity (Wildman–Crippen MR) is 81.6 cm³/mol. The fourth-order valence-electron chi connectivity index (χ4n) is 5.67. The van der Waals surface area contributed by atoms with Gasteiger partial charge in [-0.15, -0.1) is 0 Å². The van der Waals surface area contributed by atoms with E-state index in [9.17, 15) is 30.0 Å². The Hall–Kier alpha value is -1.32. The van der Waals surface area contributed by atoms with Gasteiger partial charge in [0, 0.05) is 5.41 Å². The van der Waals surface area contributed by atoms with Gasteiger partial charge in [0.05, 0.1) is 31.2 Å². The molecule has 2 saturated heterocycles. The van der Waals surface area contributed by atoms with Gasteiger partial charge in [-0.3, -0.25) is 9.59 Å². The minimum absolute atomic E-state index is 0.0503. The van der Waals surface area contributed by atoms with Crippen LogP contribution >= 0.6 is 0 Å². The molecule has 4 rings (SSSR count). The number of aliphatic carboxylic acids is 1. The summed E-state index contributed by atoms with van der Waals surface area (Å²) in [6, 6.07) is 0. The fourth-order valence-corrected chi connectivity index (χ4v) is 5.67. The van der Waals surface area contributed by atoms with Crippen LogP contribution in [0.15, 0.2) is 11.6 Å². The van der Waals surface area contributed by atoms with E-state index >= 15 is 0 Å². The van der Waals surface area contributed by atoms with Gasteiger partial charge in [0.2, 0.25) is 0 Å². The third-order valence-electron chi connectivity index (χ3n) is 7.02. The Bertz CT molecular complexity index is 697. The van der Waals surface area contributed by atoms with E-state index in [4.69, 9.17) is 9.47 Å². The highest BCUT2D eigenvalue weighted by molar-refractivity contribution is 6.00. The molecule has 8 heteroatoms. The Kier molecular flexibility index (Phi) is 3.21. The van der Waals surface area contributed by atoms with Gasteiger partial charge in [0.25, 0.3) is 0 Å². The third-order valence-corrected chi connectivity index (χ3v) is 7.02. The molecule has 0 aromatic rings. The molecule has 0 amide bonds. The van der Waals surface area contributed by atoms with Crippen LogP contribution in [-0.4, -0.2) is 74.9 Å². The summed E-state index contributed by atoms with van der Waals surface area (Å²) < 4.78 is 11.7. The van der Waals surface area contributed by atoms with E-state index in [1.165, 1.54) is 0 Å². The van der Waals surface area contributed by atoms with Gasteiger partial charge in [0.1, 0.15) is 23.4 Å². The molecule has 8 nitrogen and oxygen atoms in total. The molecule has 0 radical (unpaired) electrons. The Morgan fingerprint density at radius 2 is 2.08 bits per heavy atom. The summed E-state index contributed by atoms with van der Waals surface area (Å²) in [5.41, 5.74) is -4.84. The van der Waals surface area contributed by atoms with Crippen LogP contribution in [0.5, 0.6) is 0 Å². The lowest BCUT2D eigenvalue weighted by Crippen LogP contribution is -2.70. The zero-order valence-electron chi connectivity index (χ0n) is 14.1. The second-order valence-corrected chi connectivity index (χ2v) is 8.11. The number of ketones is 1. The van der Waals surface area contributed by atoms with Crippen molar-refractivity contribution in [2.24, 2.45) is 10.8 Å². The first kappa shape index (κ1) is 17.1. The quantitative estimate of drug-likeness (QED) is 0.474. The number of hydrogen-bond acceptors (Lipinski definition) is 7. The maximum atomic E-state index is 12.4. The zero-order chi connectivity index (χ0) is 18.4. The maximum Gasteiger partial charge on any atom is 0.306 e. The molecule has 0 aromatic carbocycles. The fraction of sp³-hybridized carbons (Fsp3) is 0.765. The Balaban J connectivity index is 1.92. The van der Waals surface area contributed by atoms with Crippen molar-refractivity contribution in [2.45, 2.75) is 56.2 Å². The number of carbonyl (C=O) groups is 2. The van der Waals surface area contributed by atoms with Crippen molar-refractivity contribution in [3.8, 4) is 0 Å². The molecular formula is C17H22O8. The zero-order valence-corrected chi connectivity index (χ0v) is 14.1. The number of aliphatic hydroxyl groups excluding tert-OH is 2. The molecule has 138 valence electrons. The number of hydrogen-bond donors (Lipinski definition) is 4.